The van der Waals surface area contributed by atoms with Crippen LogP contribution in [0.1, 0.15) is 39.5 Å². The highest BCUT2D eigenvalue weighted by Gasteiger charge is 2.30. The zero-order valence-electron chi connectivity index (χ0n) is 11.5. The third kappa shape index (κ3) is 3.87. The molecule has 0 N–H and O–H groups in total. The van der Waals surface area contributed by atoms with Gasteiger partial charge in [0.05, 0.1) is 0 Å². The maximum atomic E-state index is 4.46. The molecule has 1 unspecified atom stereocenters. The maximum absolute atomic E-state index is 4.46. The molecule has 0 aromatic heterocycles. The standard InChI is InChI=1S/C14H28N2S/c1-14(2,12-17)11-15-9-6-13(10-15)16-7-4-3-5-8-16/h13,17H,3-12H2,1-2H3. The van der Waals surface area contributed by atoms with Gasteiger partial charge in [-0.25, -0.2) is 0 Å². The first-order valence-corrected chi connectivity index (χ1v) is 7.81. The topological polar surface area (TPSA) is 6.48 Å². The van der Waals surface area contributed by atoms with Crippen LogP contribution in [-0.4, -0.2) is 54.3 Å². The summed E-state index contributed by atoms with van der Waals surface area (Å²) in [5, 5.41) is 0. The smallest absolute Gasteiger partial charge is 0.0235 e. The second-order valence-corrected chi connectivity index (χ2v) is 6.91. The second-order valence-electron chi connectivity index (χ2n) is 6.60. The summed E-state index contributed by atoms with van der Waals surface area (Å²) >= 11 is 4.46. The number of hydrogen-bond donors (Lipinski definition) is 1. The summed E-state index contributed by atoms with van der Waals surface area (Å²) in [7, 11) is 0. The van der Waals surface area contributed by atoms with Gasteiger partial charge in [0.25, 0.3) is 0 Å². The third-order valence-electron chi connectivity index (χ3n) is 4.23. The van der Waals surface area contributed by atoms with Gasteiger partial charge in [-0.05, 0) is 50.1 Å². The molecule has 0 amide bonds. The number of rotatable bonds is 4. The Hall–Kier alpha value is 0.270. The lowest BCUT2D eigenvalue weighted by Gasteiger charge is -2.33. The molecule has 100 valence electrons. The molecule has 2 heterocycles. The van der Waals surface area contributed by atoms with Gasteiger partial charge in [0.1, 0.15) is 0 Å². The first-order chi connectivity index (χ1) is 8.11. The predicted octanol–water partition coefficient (Wildman–Crippen LogP) is 2.50. The molecule has 2 rings (SSSR count). The molecule has 2 aliphatic heterocycles. The van der Waals surface area contributed by atoms with E-state index >= 15 is 0 Å². The van der Waals surface area contributed by atoms with Crippen LogP contribution in [0.3, 0.4) is 0 Å². The molecule has 2 saturated heterocycles. The Morgan fingerprint density at radius 1 is 1.12 bits per heavy atom. The Morgan fingerprint density at radius 3 is 2.47 bits per heavy atom. The summed E-state index contributed by atoms with van der Waals surface area (Å²) in [5.41, 5.74) is 0.361. The van der Waals surface area contributed by atoms with Crippen molar-refractivity contribution < 1.29 is 0 Å². The van der Waals surface area contributed by atoms with Gasteiger partial charge in [-0.1, -0.05) is 20.3 Å². The molecule has 0 radical (unpaired) electrons. The van der Waals surface area contributed by atoms with E-state index in [2.05, 4.69) is 36.3 Å². The molecule has 0 aromatic carbocycles. The van der Waals surface area contributed by atoms with Crippen LogP contribution in [0, 0.1) is 5.41 Å². The molecule has 2 aliphatic rings. The minimum Gasteiger partial charge on any atom is -0.301 e. The van der Waals surface area contributed by atoms with Gasteiger partial charge in [-0.3, -0.25) is 4.90 Å². The van der Waals surface area contributed by atoms with E-state index in [1.807, 2.05) is 0 Å². The minimum atomic E-state index is 0.361. The predicted molar refractivity (Wildman–Crippen MR) is 77.9 cm³/mol. The Kier molecular flexibility index (Phi) is 4.79. The second kappa shape index (κ2) is 5.94. The summed E-state index contributed by atoms with van der Waals surface area (Å²) in [4.78, 5) is 5.38. The number of nitrogens with zero attached hydrogens (tertiary/aromatic N) is 2. The van der Waals surface area contributed by atoms with Crippen LogP contribution in [-0.2, 0) is 0 Å². The van der Waals surface area contributed by atoms with Crippen LogP contribution in [0.5, 0.6) is 0 Å². The largest absolute Gasteiger partial charge is 0.301 e. The van der Waals surface area contributed by atoms with E-state index < -0.39 is 0 Å². The number of likely N-dealkylation sites (tertiary alicyclic amines) is 2. The fourth-order valence-corrected chi connectivity index (χ4v) is 3.29. The number of piperidine rings is 1. The monoisotopic (exact) mass is 256 g/mol. The third-order valence-corrected chi connectivity index (χ3v) is 5.09. The zero-order valence-corrected chi connectivity index (χ0v) is 12.4. The summed E-state index contributed by atoms with van der Waals surface area (Å²) in [6.07, 6.45) is 5.65. The average molecular weight is 256 g/mol. The van der Waals surface area contributed by atoms with Crippen molar-refractivity contribution in [3.63, 3.8) is 0 Å². The highest BCUT2D eigenvalue weighted by molar-refractivity contribution is 7.80. The number of thiol groups is 1. The van der Waals surface area contributed by atoms with Gasteiger partial charge in [0.15, 0.2) is 0 Å². The molecule has 2 fully saturated rings. The lowest BCUT2D eigenvalue weighted by atomic mass is 9.96. The molecule has 0 aliphatic carbocycles. The number of hydrogen-bond acceptors (Lipinski definition) is 3. The minimum absolute atomic E-state index is 0.361. The van der Waals surface area contributed by atoms with E-state index in [-0.39, 0.29) is 0 Å². The normalized spacial score (nSPS) is 28.8. The summed E-state index contributed by atoms with van der Waals surface area (Å²) in [6.45, 7) is 11.1. The fraction of sp³-hybridized carbons (Fsp3) is 1.00. The van der Waals surface area contributed by atoms with Gasteiger partial charge >= 0.3 is 0 Å². The summed E-state index contributed by atoms with van der Waals surface area (Å²) < 4.78 is 0. The van der Waals surface area contributed by atoms with Crippen LogP contribution in [0.15, 0.2) is 0 Å². The SMILES string of the molecule is CC(C)(CS)CN1CCC(N2CCCCC2)C1. The molecular formula is C14H28N2S. The van der Waals surface area contributed by atoms with E-state index in [0.29, 0.717) is 5.41 Å². The van der Waals surface area contributed by atoms with Crippen molar-refractivity contribution in [1.29, 1.82) is 0 Å². The van der Waals surface area contributed by atoms with Crippen molar-refractivity contribution in [2.75, 3.05) is 38.5 Å². The molecule has 0 aromatic rings. The molecule has 0 spiro atoms. The van der Waals surface area contributed by atoms with Crippen molar-refractivity contribution in [1.82, 2.24) is 9.80 Å². The van der Waals surface area contributed by atoms with Crippen molar-refractivity contribution in [2.45, 2.75) is 45.6 Å². The van der Waals surface area contributed by atoms with Gasteiger partial charge in [0.2, 0.25) is 0 Å². The quantitative estimate of drug-likeness (QED) is 0.772. The Labute approximate surface area is 112 Å². The van der Waals surface area contributed by atoms with E-state index in [9.17, 15) is 0 Å². The van der Waals surface area contributed by atoms with Gasteiger partial charge < -0.3 is 4.90 Å². The zero-order chi connectivity index (χ0) is 12.3. The van der Waals surface area contributed by atoms with Crippen LogP contribution in [0.4, 0.5) is 0 Å². The van der Waals surface area contributed by atoms with E-state index in [0.717, 1.165) is 11.8 Å². The highest BCUT2D eigenvalue weighted by Crippen LogP contribution is 2.24. The fourth-order valence-electron chi connectivity index (χ4n) is 3.19. The van der Waals surface area contributed by atoms with Crippen molar-refractivity contribution >= 4 is 12.6 Å². The Balaban J connectivity index is 1.78. The molecule has 0 saturated carbocycles. The molecule has 1 atom stereocenters. The average Bonchev–Trinajstić information content (AvgIpc) is 2.78. The van der Waals surface area contributed by atoms with Crippen LogP contribution in [0.2, 0.25) is 0 Å². The summed E-state index contributed by atoms with van der Waals surface area (Å²) in [5.74, 6) is 0.984. The molecular weight excluding hydrogens is 228 g/mol. The molecule has 3 heteroatoms. The van der Waals surface area contributed by atoms with E-state index in [1.54, 1.807) is 0 Å². The Morgan fingerprint density at radius 2 is 1.82 bits per heavy atom. The van der Waals surface area contributed by atoms with Crippen molar-refractivity contribution in [3.8, 4) is 0 Å². The van der Waals surface area contributed by atoms with E-state index in [4.69, 9.17) is 0 Å². The lowest BCUT2D eigenvalue weighted by Crippen LogP contribution is -2.42. The first-order valence-electron chi connectivity index (χ1n) is 7.18. The van der Waals surface area contributed by atoms with Crippen molar-refractivity contribution in [3.05, 3.63) is 0 Å². The van der Waals surface area contributed by atoms with Crippen LogP contribution < -0.4 is 0 Å². The van der Waals surface area contributed by atoms with Gasteiger partial charge in [-0.2, -0.15) is 12.6 Å². The van der Waals surface area contributed by atoms with Gasteiger partial charge in [-0.15, -0.1) is 0 Å². The summed E-state index contributed by atoms with van der Waals surface area (Å²) in [6, 6.07) is 0.839. The van der Waals surface area contributed by atoms with Gasteiger partial charge in [0, 0.05) is 19.1 Å². The van der Waals surface area contributed by atoms with Crippen molar-refractivity contribution in [2.24, 2.45) is 5.41 Å². The van der Waals surface area contributed by atoms with E-state index in [1.165, 1.54) is 58.4 Å². The lowest BCUT2D eigenvalue weighted by molar-refractivity contribution is 0.153. The molecule has 2 nitrogen and oxygen atoms in total. The molecule has 0 bridgehead atoms. The first kappa shape index (κ1) is 13.7. The Bertz CT molecular complexity index is 236. The molecule has 17 heavy (non-hydrogen) atoms. The highest BCUT2D eigenvalue weighted by atomic mass is 32.1. The van der Waals surface area contributed by atoms with Crippen LogP contribution in [0.25, 0.3) is 0 Å². The van der Waals surface area contributed by atoms with Crippen LogP contribution >= 0.6 is 12.6 Å². The maximum Gasteiger partial charge on any atom is 0.0235 e.